The maximum atomic E-state index is 6.13. The number of aryl methyl sites for hydroxylation is 1. The van der Waals surface area contributed by atoms with Crippen LogP contribution in [0.2, 0.25) is 0 Å². The van der Waals surface area contributed by atoms with Gasteiger partial charge in [-0.15, -0.1) is 0 Å². The Morgan fingerprint density at radius 3 is 2.83 bits per heavy atom. The Balaban J connectivity index is 2.00. The molecular formula is C16H19BrO. The summed E-state index contributed by atoms with van der Waals surface area (Å²) in [5, 5.41) is 1.24. The zero-order valence-corrected chi connectivity index (χ0v) is 12.4. The van der Waals surface area contributed by atoms with Crippen LogP contribution >= 0.6 is 15.9 Å². The Labute approximate surface area is 117 Å². The number of fused-ring (bicyclic) bond motifs is 1. The van der Waals surface area contributed by atoms with Crippen LogP contribution in [0.4, 0.5) is 0 Å². The highest BCUT2D eigenvalue weighted by Crippen LogP contribution is 2.38. The van der Waals surface area contributed by atoms with Crippen LogP contribution in [-0.2, 0) is 0 Å². The van der Waals surface area contributed by atoms with Gasteiger partial charge in [-0.05, 0) is 31.4 Å². The molecular weight excluding hydrogens is 288 g/mol. The fourth-order valence-electron chi connectivity index (χ4n) is 2.99. The van der Waals surface area contributed by atoms with Crippen molar-refractivity contribution in [2.45, 2.75) is 49.8 Å². The van der Waals surface area contributed by atoms with Gasteiger partial charge in [0.1, 0.15) is 11.3 Å². The van der Waals surface area contributed by atoms with Crippen LogP contribution in [0.1, 0.15) is 49.3 Å². The summed E-state index contributed by atoms with van der Waals surface area (Å²) < 4.78 is 6.13. The normalized spacial score (nSPS) is 25.2. The number of hydrogen-bond acceptors (Lipinski definition) is 1. The first-order chi connectivity index (χ1) is 8.75. The Morgan fingerprint density at radius 1 is 1.17 bits per heavy atom. The molecule has 3 rings (SSSR count). The van der Waals surface area contributed by atoms with Crippen molar-refractivity contribution >= 4 is 26.9 Å². The Bertz CT molecular complexity index is 543. The lowest BCUT2D eigenvalue weighted by Gasteiger charge is -2.17. The number of alkyl halides is 1. The topological polar surface area (TPSA) is 13.1 Å². The molecule has 1 heterocycles. The molecule has 2 aromatic rings. The molecule has 1 aromatic heterocycles. The monoisotopic (exact) mass is 306 g/mol. The van der Waals surface area contributed by atoms with E-state index < -0.39 is 0 Å². The zero-order chi connectivity index (χ0) is 12.5. The molecule has 0 N–H and O–H groups in total. The van der Waals surface area contributed by atoms with Crippen molar-refractivity contribution in [3.8, 4) is 0 Å². The molecule has 1 nitrogen and oxygen atoms in total. The SMILES string of the molecule is Cc1cccc2cc(C3CCCCCC3Br)oc12. The molecule has 0 amide bonds. The van der Waals surface area contributed by atoms with Gasteiger partial charge in [0.15, 0.2) is 0 Å². The number of halogens is 1. The van der Waals surface area contributed by atoms with E-state index in [9.17, 15) is 0 Å². The van der Waals surface area contributed by atoms with Gasteiger partial charge in [-0.25, -0.2) is 0 Å². The minimum Gasteiger partial charge on any atom is -0.460 e. The highest BCUT2D eigenvalue weighted by atomic mass is 79.9. The number of hydrogen-bond donors (Lipinski definition) is 0. The molecule has 0 bridgehead atoms. The second-order valence-corrected chi connectivity index (χ2v) is 6.58. The van der Waals surface area contributed by atoms with Crippen molar-refractivity contribution in [3.05, 3.63) is 35.6 Å². The quantitative estimate of drug-likeness (QED) is 0.497. The predicted molar refractivity (Wildman–Crippen MR) is 79.5 cm³/mol. The van der Waals surface area contributed by atoms with Crippen molar-refractivity contribution in [2.75, 3.05) is 0 Å². The molecule has 96 valence electrons. The van der Waals surface area contributed by atoms with Crippen LogP contribution in [0.15, 0.2) is 28.7 Å². The van der Waals surface area contributed by atoms with Gasteiger partial charge in [-0.2, -0.15) is 0 Å². The highest BCUT2D eigenvalue weighted by Gasteiger charge is 2.26. The fourth-order valence-corrected chi connectivity index (χ4v) is 3.84. The summed E-state index contributed by atoms with van der Waals surface area (Å²) in [7, 11) is 0. The van der Waals surface area contributed by atoms with E-state index in [0.717, 1.165) is 5.58 Å². The van der Waals surface area contributed by atoms with Gasteiger partial charge in [0.05, 0.1) is 0 Å². The third-order valence-corrected chi connectivity index (χ3v) is 5.15. The summed E-state index contributed by atoms with van der Waals surface area (Å²) >= 11 is 3.86. The average Bonchev–Trinajstić information content (AvgIpc) is 2.67. The van der Waals surface area contributed by atoms with Gasteiger partial charge in [-0.3, -0.25) is 0 Å². The lowest BCUT2D eigenvalue weighted by atomic mass is 9.97. The largest absolute Gasteiger partial charge is 0.460 e. The number of furan rings is 1. The minimum atomic E-state index is 0.541. The number of rotatable bonds is 1. The fraction of sp³-hybridized carbons (Fsp3) is 0.500. The zero-order valence-electron chi connectivity index (χ0n) is 10.8. The van der Waals surface area contributed by atoms with Gasteiger partial charge in [0.2, 0.25) is 0 Å². The van der Waals surface area contributed by atoms with Crippen LogP contribution in [0.25, 0.3) is 11.0 Å². The molecule has 1 aliphatic carbocycles. The van der Waals surface area contributed by atoms with Gasteiger partial charge < -0.3 is 4.42 Å². The molecule has 1 aromatic carbocycles. The lowest BCUT2D eigenvalue weighted by Crippen LogP contribution is -2.09. The van der Waals surface area contributed by atoms with Crippen LogP contribution < -0.4 is 0 Å². The molecule has 2 unspecified atom stereocenters. The van der Waals surface area contributed by atoms with Gasteiger partial charge in [0, 0.05) is 16.1 Å². The van der Waals surface area contributed by atoms with Crippen LogP contribution in [0, 0.1) is 6.92 Å². The molecule has 1 fully saturated rings. The summed E-state index contributed by atoms with van der Waals surface area (Å²) in [6.45, 7) is 2.12. The highest BCUT2D eigenvalue weighted by molar-refractivity contribution is 9.09. The van der Waals surface area contributed by atoms with Crippen LogP contribution in [0.5, 0.6) is 0 Å². The van der Waals surface area contributed by atoms with Crippen LogP contribution in [0.3, 0.4) is 0 Å². The second-order valence-electron chi connectivity index (χ2n) is 5.40. The summed E-state index contributed by atoms with van der Waals surface area (Å²) in [6, 6.07) is 8.62. The first kappa shape index (κ1) is 12.3. The summed E-state index contributed by atoms with van der Waals surface area (Å²) in [6.07, 6.45) is 6.53. The summed E-state index contributed by atoms with van der Waals surface area (Å²) in [4.78, 5) is 0.570. The third kappa shape index (κ3) is 2.23. The molecule has 0 aliphatic heterocycles. The van der Waals surface area contributed by atoms with E-state index in [2.05, 4.69) is 47.1 Å². The predicted octanol–water partition coefficient (Wildman–Crippen LogP) is 5.55. The number of benzene rings is 1. The Hall–Kier alpha value is -0.760. The van der Waals surface area contributed by atoms with Crippen LogP contribution in [-0.4, -0.2) is 4.83 Å². The van der Waals surface area contributed by atoms with Crippen molar-refractivity contribution in [1.29, 1.82) is 0 Å². The molecule has 18 heavy (non-hydrogen) atoms. The maximum Gasteiger partial charge on any atom is 0.137 e. The van der Waals surface area contributed by atoms with E-state index >= 15 is 0 Å². The van der Waals surface area contributed by atoms with Crippen molar-refractivity contribution < 1.29 is 4.42 Å². The Morgan fingerprint density at radius 2 is 2.00 bits per heavy atom. The standard InChI is InChI=1S/C16H19BrO/c1-11-6-5-7-12-10-15(18-16(11)12)13-8-3-2-4-9-14(13)17/h5-7,10,13-14H,2-4,8-9H2,1H3. The van der Waals surface area contributed by atoms with E-state index in [1.165, 1.54) is 48.8 Å². The van der Waals surface area contributed by atoms with E-state index in [1.54, 1.807) is 0 Å². The third-order valence-electron chi connectivity index (χ3n) is 4.06. The second kappa shape index (κ2) is 5.08. The first-order valence-corrected chi connectivity index (χ1v) is 7.80. The van der Waals surface area contributed by atoms with E-state index in [4.69, 9.17) is 4.42 Å². The molecule has 1 saturated carbocycles. The molecule has 1 aliphatic rings. The first-order valence-electron chi connectivity index (χ1n) is 6.89. The van der Waals surface area contributed by atoms with Gasteiger partial charge >= 0.3 is 0 Å². The van der Waals surface area contributed by atoms with E-state index in [1.807, 2.05) is 0 Å². The lowest BCUT2D eigenvalue weighted by molar-refractivity contribution is 0.464. The smallest absolute Gasteiger partial charge is 0.137 e. The number of para-hydroxylation sites is 1. The summed E-state index contributed by atoms with van der Waals surface area (Å²) in [5.74, 6) is 1.71. The molecule has 0 radical (unpaired) electrons. The Kier molecular flexibility index (Phi) is 3.47. The average molecular weight is 307 g/mol. The maximum absolute atomic E-state index is 6.13. The summed E-state index contributed by atoms with van der Waals surface area (Å²) in [5.41, 5.74) is 2.30. The molecule has 2 atom stereocenters. The van der Waals surface area contributed by atoms with Gasteiger partial charge in [0.25, 0.3) is 0 Å². The molecule has 0 spiro atoms. The van der Waals surface area contributed by atoms with E-state index in [0.29, 0.717) is 10.7 Å². The van der Waals surface area contributed by atoms with Crippen molar-refractivity contribution in [3.63, 3.8) is 0 Å². The van der Waals surface area contributed by atoms with Gasteiger partial charge in [-0.1, -0.05) is 53.4 Å². The van der Waals surface area contributed by atoms with E-state index in [-0.39, 0.29) is 0 Å². The van der Waals surface area contributed by atoms with Crippen molar-refractivity contribution in [1.82, 2.24) is 0 Å². The molecule has 0 saturated heterocycles. The minimum absolute atomic E-state index is 0.541. The molecule has 2 heteroatoms. The van der Waals surface area contributed by atoms with Crippen molar-refractivity contribution in [2.24, 2.45) is 0 Å².